The van der Waals surface area contributed by atoms with Gasteiger partial charge in [0.05, 0.1) is 19.3 Å². The average Bonchev–Trinajstić information content (AvgIpc) is 1.91. The Labute approximate surface area is 74.3 Å². The van der Waals surface area contributed by atoms with Crippen molar-refractivity contribution in [3.05, 3.63) is 0 Å². The zero-order valence-corrected chi connectivity index (χ0v) is 7.99. The molecule has 2 fully saturated rings. The van der Waals surface area contributed by atoms with E-state index in [2.05, 4.69) is 23.8 Å². The number of rotatable bonds is 1. The molecule has 0 saturated carbocycles. The second kappa shape index (κ2) is 3.32. The molecule has 70 valence electrons. The summed E-state index contributed by atoms with van der Waals surface area (Å²) in [5.74, 6) is 0. The molecule has 3 heteroatoms. The topological polar surface area (TPSA) is 15.7 Å². The lowest BCUT2D eigenvalue weighted by Gasteiger charge is -2.45. The Morgan fingerprint density at radius 2 is 2.00 bits per heavy atom. The summed E-state index contributed by atoms with van der Waals surface area (Å²) in [4.78, 5) is 4.99. The molecule has 0 amide bonds. The van der Waals surface area contributed by atoms with Gasteiger partial charge in [0.15, 0.2) is 0 Å². The van der Waals surface area contributed by atoms with Crippen molar-refractivity contribution in [2.45, 2.75) is 19.0 Å². The third kappa shape index (κ3) is 1.49. The summed E-state index contributed by atoms with van der Waals surface area (Å²) in [5.41, 5.74) is 0. The average molecular weight is 170 g/mol. The van der Waals surface area contributed by atoms with E-state index in [1.807, 2.05) is 0 Å². The number of ether oxygens (including phenoxy) is 1. The molecule has 2 saturated heterocycles. The number of piperazine rings is 1. The van der Waals surface area contributed by atoms with Gasteiger partial charge in [0.25, 0.3) is 0 Å². The highest BCUT2D eigenvalue weighted by atomic mass is 16.5. The summed E-state index contributed by atoms with van der Waals surface area (Å²) < 4.78 is 5.21. The third-order valence-corrected chi connectivity index (χ3v) is 2.97. The minimum Gasteiger partial charge on any atom is -0.378 e. The van der Waals surface area contributed by atoms with Gasteiger partial charge in [-0.05, 0) is 14.0 Å². The molecule has 0 N–H and O–H groups in total. The van der Waals surface area contributed by atoms with E-state index in [-0.39, 0.29) is 0 Å². The molecule has 0 spiro atoms. The maximum absolute atomic E-state index is 5.21. The normalized spacial score (nSPS) is 35.0. The van der Waals surface area contributed by atoms with Gasteiger partial charge in [-0.15, -0.1) is 0 Å². The second-order valence-corrected chi connectivity index (χ2v) is 4.04. The molecule has 0 bridgehead atoms. The predicted molar refractivity (Wildman–Crippen MR) is 48.3 cm³/mol. The maximum Gasteiger partial charge on any atom is 0.0645 e. The molecule has 0 aromatic heterocycles. The molecule has 2 heterocycles. The van der Waals surface area contributed by atoms with Gasteiger partial charge in [0, 0.05) is 25.7 Å². The fraction of sp³-hybridized carbons (Fsp3) is 1.00. The Hall–Kier alpha value is -0.120. The molecule has 0 aromatic carbocycles. The van der Waals surface area contributed by atoms with Crippen LogP contribution in [0.15, 0.2) is 0 Å². The van der Waals surface area contributed by atoms with Gasteiger partial charge < -0.3 is 9.64 Å². The smallest absolute Gasteiger partial charge is 0.0645 e. The van der Waals surface area contributed by atoms with Crippen LogP contribution < -0.4 is 0 Å². The Bertz CT molecular complexity index is 159. The molecule has 1 atom stereocenters. The first-order valence-electron chi connectivity index (χ1n) is 4.79. The molecule has 1 unspecified atom stereocenters. The van der Waals surface area contributed by atoms with E-state index in [0.717, 1.165) is 13.2 Å². The van der Waals surface area contributed by atoms with E-state index in [1.165, 1.54) is 19.6 Å². The van der Waals surface area contributed by atoms with Gasteiger partial charge >= 0.3 is 0 Å². The van der Waals surface area contributed by atoms with Crippen LogP contribution in [0.5, 0.6) is 0 Å². The predicted octanol–water partition coefficient (Wildman–Crippen LogP) is 0.0211. The highest BCUT2D eigenvalue weighted by Gasteiger charge is 2.32. The summed E-state index contributed by atoms with van der Waals surface area (Å²) in [6, 6.07) is 1.42. The van der Waals surface area contributed by atoms with E-state index in [4.69, 9.17) is 4.74 Å². The van der Waals surface area contributed by atoms with Crippen LogP contribution in [-0.4, -0.2) is 61.8 Å². The summed E-state index contributed by atoms with van der Waals surface area (Å²) in [5, 5.41) is 0. The molecule has 2 rings (SSSR count). The zero-order chi connectivity index (χ0) is 8.55. The molecule has 2 aliphatic heterocycles. The van der Waals surface area contributed by atoms with Gasteiger partial charge in [-0.25, -0.2) is 0 Å². The van der Waals surface area contributed by atoms with Gasteiger partial charge in [-0.2, -0.15) is 0 Å². The Kier molecular flexibility index (Phi) is 2.35. The van der Waals surface area contributed by atoms with E-state index >= 15 is 0 Å². The highest BCUT2D eigenvalue weighted by molar-refractivity contribution is 4.86. The van der Waals surface area contributed by atoms with Crippen LogP contribution in [0.2, 0.25) is 0 Å². The first-order valence-corrected chi connectivity index (χ1v) is 4.79. The Morgan fingerprint density at radius 3 is 2.50 bits per heavy atom. The van der Waals surface area contributed by atoms with Crippen molar-refractivity contribution >= 4 is 0 Å². The van der Waals surface area contributed by atoms with E-state index in [0.29, 0.717) is 12.1 Å². The molecule has 0 radical (unpaired) electrons. The number of nitrogens with zero attached hydrogens (tertiary/aromatic N) is 2. The van der Waals surface area contributed by atoms with E-state index in [1.54, 1.807) is 0 Å². The Morgan fingerprint density at radius 1 is 1.25 bits per heavy atom. The summed E-state index contributed by atoms with van der Waals surface area (Å²) >= 11 is 0. The summed E-state index contributed by atoms with van der Waals surface area (Å²) in [6.45, 7) is 7.85. The van der Waals surface area contributed by atoms with E-state index in [9.17, 15) is 0 Å². The monoisotopic (exact) mass is 170 g/mol. The second-order valence-electron chi connectivity index (χ2n) is 4.04. The van der Waals surface area contributed by atoms with Gasteiger partial charge in [-0.3, -0.25) is 4.90 Å². The Balaban J connectivity index is 1.88. The number of hydrogen-bond donors (Lipinski definition) is 0. The number of hydrogen-bond acceptors (Lipinski definition) is 3. The molecule has 0 aromatic rings. The zero-order valence-electron chi connectivity index (χ0n) is 7.99. The van der Waals surface area contributed by atoms with Crippen LogP contribution in [0, 0.1) is 0 Å². The van der Waals surface area contributed by atoms with Gasteiger partial charge in [0.2, 0.25) is 0 Å². The first-order chi connectivity index (χ1) is 5.77. The van der Waals surface area contributed by atoms with E-state index < -0.39 is 0 Å². The van der Waals surface area contributed by atoms with Crippen LogP contribution in [0.1, 0.15) is 6.92 Å². The molecule has 2 aliphatic rings. The van der Waals surface area contributed by atoms with Crippen LogP contribution >= 0.6 is 0 Å². The van der Waals surface area contributed by atoms with Crippen molar-refractivity contribution < 1.29 is 4.74 Å². The molecule has 0 aliphatic carbocycles. The molecular formula is C9H18N2O. The SMILES string of the molecule is CC1CN(C)CCN1C1COC1. The van der Waals surface area contributed by atoms with Crippen LogP contribution in [0.25, 0.3) is 0 Å². The van der Waals surface area contributed by atoms with Crippen molar-refractivity contribution in [2.75, 3.05) is 39.9 Å². The van der Waals surface area contributed by atoms with Gasteiger partial charge in [-0.1, -0.05) is 0 Å². The van der Waals surface area contributed by atoms with Crippen molar-refractivity contribution in [2.24, 2.45) is 0 Å². The molecular weight excluding hydrogens is 152 g/mol. The standard InChI is InChI=1S/C9H18N2O/c1-8-5-10(2)3-4-11(8)9-6-12-7-9/h8-9H,3-7H2,1-2H3. The van der Waals surface area contributed by atoms with Gasteiger partial charge in [0.1, 0.15) is 0 Å². The minimum absolute atomic E-state index is 0.706. The van der Waals surface area contributed by atoms with Crippen molar-refractivity contribution in [1.29, 1.82) is 0 Å². The van der Waals surface area contributed by atoms with Crippen LogP contribution in [0.3, 0.4) is 0 Å². The fourth-order valence-corrected chi connectivity index (χ4v) is 2.11. The first kappa shape index (κ1) is 8.48. The molecule has 3 nitrogen and oxygen atoms in total. The third-order valence-electron chi connectivity index (χ3n) is 2.97. The number of likely N-dealkylation sites (N-methyl/N-ethyl adjacent to an activating group) is 1. The highest BCUT2D eigenvalue weighted by Crippen LogP contribution is 2.17. The quantitative estimate of drug-likeness (QED) is 0.552. The summed E-state index contributed by atoms with van der Waals surface area (Å²) in [6.07, 6.45) is 0. The molecule has 12 heavy (non-hydrogen) atoms. The van der Waals surface area contributed by atoms with Crippen molar-refractivity contribution in [1.82, 2.24) is 9.80 Å². The van der Waals surface area contributed by atoms with Crippen molar-refractivity contribution in [3.63, 3.8) is 0 Å². The minimum atomic E-state index is 0.706. The fourth-order valence-electron chi connectivity index (χ4n) is 2.11. The summed E-state index contributed by atoms with van der Waals surface area (Å²) in [7, 11) is 2.20. The van der Waals surface area contributed by atoms with Crippen LogP contribution in [-0.2, 0) is 4.74 Å². The maximum atomic E-state index is 5.21. The lowest BCUT2D eigenvalue weighted by atomic mass is 10.1. The van der Waals surface area contributed by atoms with Crippen molar-refractivity contribution in [3.8, 4) is 0 Å². The lowest BCUT2D eigenvalue weighted by Crippen LogP contribution is -2.59. The lowest BCUT2D eigenvalue weighted by molar-refractivity contribution is -0.0912. The van der Waals surface area contributed by atoms with Crippen LogP contribution in [0.4, 0.5) is 0 Å². The largest absolute Gasteiger partial charge is 0.378 e.